The van der Waals surface area contributed by atoms with Crippen LogP contribution < -0.4 is 0 Å². The number of amides is 1. The van der Waals surface area contributed by atoms with Crippen LogP contribution in [0.4, 0.5) is 4.79 Å². The summed E-state index contributed by atoms with van der Waals surface area (Å²) in [7, 11) is 0. The molecule has 98 valence electrons. The molecule has 2 aliphatic heterocycles. The number of hydrogen-bond acceptors (Lipinski definition) is 5. The molecule has 2 N–H and O–H groups in total. The van der Waals surface area contributed by atoms with Crippen LogP contribution in [-0.4, -0.2) is 64.3 Å². The van der Waals surface area contributed by atoms with Gasteiger partial charge in [-0.25, -0.2) is 4.79 Å². The fourth-order valence-electron chi connectivity index (χ4n) is 2.20. The van der Waals surface area contributed by atoms with Crippen LogP contribution >= 0.6 is 0 Å². The van der Waals surface area contributed by atoms with Gasteiger partial charge in [-0.3, -0.25) is 4.90 Å². The predicted octanol–water partition coefficient (Wildman–Crippen LogP) is -0.272. The summed E-state index contributed by atoms with van der Waals surface area (Å²) in [5.74, 6) is 0. The van der Waals surface area contributed by atoms with Crippen molar-refractivity contribution in [1.29, 1.82) is 0 Å². The van der Waals surface area contributed by atoms with Crippen molar-refractivity contribution in [1.82, 2.24) is 4.90 Å². The second kappa shape index (κ2) is 3.83. The third kappa shape index (κ3) is 2.00. The minimum atomic E-state index is -0.969. The number of hydrogen-bond donors (Lipinski definition) is 2. The molecule has 0 aliphatic carbocycles. The summed E-state index contributed by atoms with van der Waals surface area (Å²) < 4.78 is 10.3. The predicted molar refractivity (Wildman–Crippen MR) is 58.5 cm³/mol. The Morgan fingerprint density at radius 3 is 2.41 bits per heavy atom. The molecular formula is C11H19NO5. The lowest BCUT2D eigenvalue weighted by atomic mass is 9.90. The van der Waals surface area contributed by atoms with Gasteiger partial charge in [0, 0.05) is 0 Å². The quantitative estimate of drug-likeness (QED) is 0.614. The van der Waals surface area contributed by atoms with E-state index < -0.39 is 29.4 Å². The second-order valence-corrected chi connectivity index (χ2v) is 5.70. The van der Waals surface area contributed by atoms with E-state index in [-0.39, 0.29) is 19.8 Å². The molecule has 2 rings (SSSR count). The van der Waals surface area contributed by atoms with Gasteiger partial charge in [0.15, 0.2) is 0 Å². The van der Waals surface area contributed by atoms with E-state index in [0.717, 1.165) is 0 Å². The van der Waals surface area contributed by atoms with E-state index in [1.807, 2.05) is 0 Å². The zero-order valence-corrected chi connectivity index (χ0v) is 10.3. The SMILES string of the molecule is CC(C)(C)OC(=O)N1CC(O)C(O)C12COC2. The van der Waals surface area contributed by atoms with Crippen LogP contribution in [0.5, 0.6) is 0 Å². The highest BCUT2D eigenvalue weighted by molar-refractivity contribution is 5.70. The maximum atomic E-state index is 12.0. The van der Waals surface area contributed by atoms with Crippen LogP contribution in [0.25, 0.3) is 0 Å². The molecule has 1 spiro atoms. The number of ether oxygens (including phenoxy) is 2. The molecule has 2 saturated heterocycles. The van der Waals surface area contributed by atoms with E-state index >= 15 is 0 Å². The number of aliphatic hydroxyl groups excluding tert-OH is 2. The van der Waals surface area contributed by atoms with Crippen LogP contribution in [0.15, 0.2) is 0 Å². The van der Waals surface area contributed by atoms with Gasteiger partial charge in [0.1, 0.15) is 23.3 Å². The minimum Gasteiger partial charge on any atom is -0.444 e. The largest absolute Gasteiger partial charge is 0.444 e. The van der Waals surface area contributed by atoms with Gasteiger partial charge in [0.05, 0.1) is 19.8 Å². The summed E-state index contributed by atoms with van der Waals surface area (Å²) >= 11 is 0. The zero-order valence-electron chi connectivity index (χ0n) is 10.3. The zero-order chi connectivity index (χ0) is 12.8. The maximum absolute atomic E-state index is 12.0. The number of carbonyl (C=O) groups is 1. The molecule has 0 aromatic heterocycles. The van der Waals surface area contributed by atoms with Crippen LogP contribution in [0.1, 0.15) is 20.8 Å². The minimum absolute atomic E-state index is 0.0828. The molecule has 6 nitrogen and oxygen atoms in total. The Kier molecular flexibility index (Phi) is 2.84. The number of carbonyl (C=O) groups excluding carboxylic acids is 1. The van der Waals surface area contributed by atoms with E-state index in [0.29, 0.717) is 0 Å². The average molecular weight is 245 g/mol. The molecule has 2 unspecified atom stereocenters. The van der Waals surface area contributed by atoms with E-state index in [9.17, 15) is 15.0 Å². The molecule has 6 heteroatoms. The van der Waals surface area contributed by atoms with Crippen LogP contribution in [0, 0.1) is 0 Å². The Labute approximate surface area is 100 Å². The molecule has 1 amide bonds. The Hall–Kier alpha value is -0.850. The Morgan fingerprint density at radius 1 is 1.41 bits per heavy atom. The molecular weight excluding hydrogens is 226 g/mol. The molecule has 2 fully saturated rings. The summed E-state index contributed by atoms with van der Waals surface area (Å²) in [5, 5.41) is 19.6. The van der Waals surface area contributed by atoms with Gasteiger partial charge in [-0.15, -0.1) is 0 Å². The molecule has 0 aromatic carbocycles. The van der Waals surface area contributed by atoms with Crippen LogP contribution in [0.3, 0.4) is 0 Å². The van der Waals surface area contributed by atoms with E-state index in [1.165, 1.54) is 4.90 Å². The fourth-order valence-corrected chi connectivity index (χ4v) is 2.20. The van der Waals surface area contributed by atoms with Crippen molar-refractivity contribution in [3.63, 3.8) is 0 Å². The molecule has 0 radical (unpaired) electrons. The van der Waals surface area contributed by atoms with Gasteiger partial charge in [0.25, 0.3) is 0 Å². The van der Waals surface area contributed by atoms with Crippen molar-refractivity contribution in [3.8, 4) is 0 Å². The molecule has 0 bridgehead atoms. The van der Waals surface area contributed by atoms with E-state index in [1.54, 1.807) is 20.8 Å². The van der Waals surface area contributed by atoms with E-state index in [4.69, 9.17) is 9.47 Å². The van der Waals surface area contributed by atoms with Crippen molar-refractivity contribution < 1.29 is 24.5 Å². The van der Waals surface area contributed by atoms with Gasteiger partial charge in [0.2, 0.25) is 0 Å². The summed E-state index contributed by atoms with van der Waals surface area (Å²) in [6.07, 6.45) is -2.42. The van der Waals surface area contributed by atoms with Gasteiger partial charge < -0.3 is 19.7 Å². The van der Waals surface area contributed by atoms with Crippen LogP contribution in [0.2, 0.25) is 0 Å². The molecule has 0 aromatic rings. The Bertz CT molecular complexity index is 320. The third-order valence-corrected chi connectivity index (χ3v) is 3.14. The van der Waals surface area contributed by atoms with E-state index in [2.05, 4.69) is 0 Å². The molecule has 2 atom stereocenters. The molecule has 2 heterocycles. The number of likely N-dealkylation sites (tertiary alicyclic amines) is 1. The lowest BCUT2D eigenvalue weighted by molar-refractivity contribution is -0.163. The van der Waals surface area contributed by atoms with Gasteiger partial charge in [-0.05, 0) is 20.8 Å². The Balaban J connectivity index is 2.13. The van der Waals surface area contributed by atoms with Crippen molar-refractivity contribution >= 4 is 6.09 Å². The number of β-amino-alcohol motifs (C(OH)–C–C–N with tert-alkyl or cyclic N) is 1. The smallest absolute Gasteiger partial charge is 0.411 e. The van der Waals surface area contributed by atoms with Gasteiger partial charge in [-0.2, -0.15) is 0 Å². The van der Waals surface area contributed by atoms with Crippen molar-refractivity contribution in [2.24, 2.45) is 0 Å². The summed E-state index contributed by atoms with van der Waals surface area (Å²) in [6.45, 7) is 5.89. The first kappa shape index (κ1) is 12.6. The number of aliphatic hydroxyl groups is 2. The second-order valence-electron chi connectivity index (χ2n) is 5.70. The average Bonchev–Trinajstić information content (AvgIpc) is 2.36. The fraction of sp³-hybridized carbons (Fsp3) is 0.909. The topological polar surface area (TPSA) is 79.2 Å². The first-order chi connectivity index (χ1) is 7.76. The standard InChI is InChI=1S/C11H19NO5/c1-10(2,3)17-9(15)12-4-7(13)8(14)11(12)5-16-6-11/h7-8,13-14H,4-6H2,1-3H3. The molecule has 17 heavy (non-hydrogen) atoms. The monoisotopic (exact) mass is 245 g/mol. The highest BCUT2D eigenvalue weighted by Gasteiger charge is 2.60. The number of nitrogens with zero attached hydrogens (tertiary/aromatic N) is 1. The first-order valence-electron chi connectivity index (χ1n) is 5.71. The summed E-state index contributed by atoms with van der Waals surface area (Å²) in [5.41, 5.74) is -1.40. The highest BCUT2D eigenvalue weighted by atomic mass is 16.6. The first-order valence-corrected chi connectivity index (χ1v) is 5.71. The van der Waals surface area contributed by atoms with Crippen molar-refractivity contribution in [3.05, 3.63) is 0 Å². The highest BCUT2D eigenvalue weighted by Crippen LogP contribution is 2.37. The lowest BCUT2D eigenvalue weighted by Crippen LogP contribution is -2.66. The molecule has 2 aliphatic rings. The third-order valence-electron chi connectivity index (χ3n) is 3.14. The lowest BCUT2D eigenvalue weighted by Gasteiger charge is -2.46. The van der Waals surface area contributed by atoms with Crippen LogP contribution in [-0.2, 0) is 9.47 Å². The maximum Gasteiger partial charge on any atom is 0.411 e. The summed E-state index contributed by atoms with van der Waals surface area (Å²) in [6, 6.07) is 0. The van der Waals surface area contributed by atoms with Gasteiger partial charge >= 0.3 is 6.09 Å². The number of rotatable bonds is 0. The van der Waals surface area contributed by atoms with Gasteiger partial charge in [-0.1, -0.05) is 0 Å². The normalized spacial score (nSPS) is 31.5. The van der Waals surface area contributed by atoms with Crippen molar-refractivity contribution in [2.75, 3.05) is 19.8 Å². The Morgan fingerprint density at radius 2 is 2.00 bits per heavy atom. The van der Waals surface area contributed by atoms with Crippen molar-refractivity contribution in [2.45, 2.75) is 44.1 Å². The molecule has 0 saturated carbocycles. The summed E-state index contributed by atoms with van der Waals surface area (Å²) in [4.78, 5) is 13.4.